The SMILES string of the molecule is O=C(O)CCNS(=O)(=O)c1cccc(C(F)(F)F)c1. The van der Waals surface area contributed by atoms with Crippen LogP contribution in [0.2, 0.25) is 0 Å². The number of sulfonamides is 1. The maximum Gasteiger partial charge on any atom is 0.416 e. The van der Waals surface area contributed by atoms with Crippen molar-refractivity contribution >= 4 is 16.0 Å². The minimum absolute atomic E-state index is 0.395. The minimum atomic E-state index is -4.65. The number of hydrogen-bond acceptors (Lipinski definition) is 3. The van der Waals surface area contributed by atoms with Gasteiger partial charge in [0.05, 0.1) is 16.9 Å². The van der Waals surface area contributed by atoms with Gasteiger partial charge in [-0.3, -0.25) is 4.79 Å². The highest BCUT2D eigenvalue weighted by Crippen LogP contribution is 2.30. The van der Waals surface area contributed by atoms with Crippen molar-refractivity contribution in [3.8, 4) is 0 Å². The molecule has 1 aromatic rings. The van der Waals surface area contributed by atoms with Gasteiger partial charge in [0.15, 0.2) is 0 Å². The molecule has 0 bridgehead atoms. The predicted octanol–water partition coefficient (Wildman–Crippen LogP) is 1.46. The van der Waals surface area contributed by atoms with E-state index in [0.717, 1.165) is 18.2 Å². The maximum absolute atomic E-state index is 12.4. The Morgan fingerprint density at radius 1 is 1.32 bits per heavy atom. The van der Waals surface area contributed by atoms with E-state index in [1.165, 1.54) is 0 Å². The molecular formula is C10H10F3NO4S. The van der Waals surface area contributed by atoms with E-state index in [9.17, 15) is 26.4 Å². The zero-order chi connectivity index (χ0) is 14.7. The van der Waals surface area contributed by atoms with Gasteiger partial charge in [0.1, 0.15) is 0 Å². The second-order valence-electron chi connectivity index (χ2n) is 3.57. The van der Waals surface area contributed by atoms with Gasteiger partial charge in [0.25, 0.3) is 0 Å². The van der Waals surface area contributed by atoms with Gasteiger partial charge >= 0.3 is 12.1 Å². The van der Waals surface area contributed by atoms with Crippen LogP contribution >= 0.6 is 0 Å². The molecule has 2 N–H and O–H groups in total. The van der Waals surface area contributed by atoms with Crippen LogP contribution in [0.1, 0.15) is 12.0 Å². The molecule has 0 radical (unpaired) electrons. The average Bonchev–Trinajstić information content (AvgIpc) is 2.27. The topological polar surface area (TPSA) is 83.5 Å². The van der Waals surface area contributed by atoms with Crippen molar-refractivity contribution in [2.45, 2.75) is 17.5 Å². The van der Waals surface area contributed by atoms with Crippen LogP contribution < -0.4 is 4.72 Å². The Balaban J connectivity index is 2.93. The van der Waals surface area contributed by atoms with E-state index < -0.39 is 45.6 Å². The van der Waals surface area contributed by atoms with Crippen molar-refractivity contribution in [1.82, 2.24) is 4.72 Å². The third-order valence-electron chi connectivity index (χ3n) is 2.10. The normalized spacial score (nSPS) is 12.4. The van der Waals surface area contributed by atoms with Gasteiger partial charge in [-0.15, -0.1) is 0 Å². The molecule has 0 aliphatic rings. The third kappa shape index (κ3) is 4.52. The van der Waals surface area contributed by atoms with E-state index in [0.29, 0.717) is 6.07 Å². The van der Waals surface area contributed by atoms with Crippen molar-refractivity contribution in [3.63, 3.8) is 0 Å². The molecule has 0 unspecified atom stereocenters. The highest BCUT2D eigenvalue weighted by molar-refractivity contribution is 7.89. The molecule has 1 aromatic carbocycles. The Morgan fingerprint density at radius 3 is 2.47 bits per heavy atom. The zero-order valence-corrected chi connectivity index (χ0v) is 10.3. The number of carboxylic acid groups (broad SMARTS) is 1. The lowest BCUT2D eigenvalue weighted by Gasteiger charge is -2.09. The van der Waals surface area contributed by atoms with E-state index >= 15 is 0 Å². The van der Waals surface area contributed by atoms with Crippen LogP contribution in [0.3, 0.4) is 0 Å². The largest absolute Gasteiger partial charge is 0.481 e. The molecule has 1 rings (SSSR count). The number of rotatable bonds is 5. The number of alkyl halides is 3. The molecule has 0 atom stereocenters. The number of carboxylic acids is 1. The molecule has 106 valence electrons. The Hall–Kier alpha value is -1.61. The lowest BCUT2D eigenvalue weighted by molar-refractivity contribution is -0.138. The lowest BCUT2D eigenvalue weighted by atomic mass is 10.2. The average molecular weight is 297 g/mol. The fourth-order valence-electron chi connectivity index (χ4n) is 1.22. The third-order valence-corrected chi connectivity index (χ3v) is 3.56. The monoisotopic (exact) mass is 297 g/mol. The van der Waals surface area contributed by atoms with Gasteiger partial charge in [0, 0.05) is 6.54 Å². The summed E-state index contributed by atoms with van der Waals surface area (Å²) in [6.07, 6.45) is -5.11. The molecule has 0 heterocycles. The summed E-state index contributed by atoms with van der Waals surface area (Å²) < 4.78 is 62.4. The molecule has 0 saturated heterocycles. The first-order valence-electron chi connectivity index (χ1n) is 5.01. The summed E-state index contributed by atoms with van der Waals surface area (Å²) >= 11 is 0. The van der Waals surface area contributed by atoms with E-state index in [-0.39, 0.29) is 0 Å². The van der Waals surface area contributed by atoms with Crippen molar-refractivity contribution in [3.05, 3.63) is 29.8 Å². The van der Waals surface area contributed by atoms with E-state index in [2.05, 4.69) is 0 Å². The highest BCUT2D eigenvalue weighted by atomic mass is 32.2. The number of aliphatic carboxylic acids is 1. The summed E-state index contributed by atoms with van der Waals surface area (Å²) in [5, 5.41) is 8.35. The van der Waals surface area contributed by atoms with Gasteiger partial charge in [-0.25, -0.2) is 13.1 Å². The molecule has 5 nitrogen and oxygen atoms in total. The quantitative estimate of drug-likeness (QED) is 0.862. The first-order valence-corrected chi connectivity index (χ1v) is 6.50. The van der Waals surface area contributed by atoms with Crippen molar-refractivity contribution in [2.24, 2.45) is 0 Å². The lowest BCUT2D eigenvalue weighted by Crippen LogP contribution is -2.26. The zero-order valence-electron chi connectivity index (χ0n) is 9.44. The fourth-order valence-corrected chi connectivity index (χ4v) is 2.29. The Morgan fingerprint density at radius 2 is 1.95 bits per heavy atom. The van der Waals surface area contributed by atoms with Gasteiger partial charge in [0.2, 0.25) is 10.0 Å². The highest BCUT2D eigenvalue weighted by Gasteiger charge is 2.31. The summed E-state index contributed by atoms with van der Waals surface area (Å²) in [6.45, 7) is -0.395. The molecule has 0 saturated carbocycles. The van der Waals surface area contributed by atoms with E-state index in [4.69, 9.17) is 5.11 Å². The summed E-state index contributed by atoms with van der Waals surface area (Å²) in [7, 11) is -4.15. The predicted molar refractivity (Wildman–Crippen MR) is 58.9 cm³/mol. The summed E-state index contributed by atoms with van der Waals surface area (Å²) in [5.41, 5.74) is -1.09. The minimum Gasteiger partial charge on any atom is -0.481 e. The van der Waals surface area contributed by atoms with Gasteiger partial charge in [-0.1, -0.05) is 6.07 Å². The molecular weight excluding hydrogens is 287 g/mol. The number of hydrogen-bond donors (Lipinski definition) is 2. The van der Waals surface area contributed by atoms with Crippen LogP contribution in [0.25, 0.3) is 0 Å². The van der Waals surface area contributed by atoms with Gasteiger partial charge in [-0.2, -0.15) is 13.2 Å². The van der Waals surface area contributed by atoms with Crippen LogP contribution in [0, 0.1) is 0 Å². The summed E-state index contributed by atoms with van der Waals surface area (Å²) in [4.78, 5) is 9.66. The molecule has 0 aliphatic carbocycles. The number of halogens is 3. The van der Waals surface area contributed by atoms with E-state index in [1.807, 2.05) is 4.72 Å². The van der Waals surface area contributed by atoms with Crippen LogP contribution in [-0.2, 0) is 21.0 Å². The van der Waals surface area contributed by atoms with Crippen molar-refractivity contribution in [1.29, 1.82) is 0 Å². The van der Waals surface area contributed by atoms with Crippen molar-refractivity contribution < 1.29 is 31.5 Å². The molecule has 19 heavy (non-hydrogen) atoms. The van der Waals surface area contributed by atoms with Crippen LogP contribution in [0.15, 0.2) is 29.2 Å². The smallest absolute Gasteiger partial charge is 0.416 e. The molecule has 0 amide bonds. The molecule has 9 heteroatoms. The second kappa shape index (κ2) is 5.57. The molecule has 0 spiro atoms. The molecule has 0 aromatic heterocycles. The number of nitrogens with one attached hydrogen (secondary N) is 1. The molecule has 0 aliphatic heterocycles. The maximum atomic E-state index is 12.4. The number of carbonyl (C=O) groups is 1. The van der Waals surface area contributed by atoms with Crippen LogP contribution in [-0.4, -0.2) is 26.0 Å². The van der Waals surface area contributed by atoms with E-state index in [1.54, 1.807) is 0 Å². The van der Waals surface area contributed by atoms with Gasteiger partial charge < -0.3 is 5.11 Å². The second-order valence-corrected chi connectivity index (χ2v) is 5.33. The first-order chi connectivity index (χ1) is 8.63. The molecule has 0 fully saturated rings. The van der Waals surface area contributed by atoms with Crippen molar-refractivity contribution in [2.75, 3.05) is 6.54 Å². The Kier molecular flexibility index (Phi) is 4.53. The Bertz CT molecular complexity index is 568. The number of benzene rings is 1. The van der Waals surface area contributed by atoms with Gasteiger partial charge in [-0.05, 0) is 18.2 Å². The first kappa shape index (κ1) is 15.4. The standard InChI is InChI=1S/C10H10F3NO4S/c11-10(12,13)7-2-1-3-8(6-7)19(17,18)14-5-4-9(15)16/h1-3,6,14H,4-5H2,(H,15,16). The summed E-state index contributed by atoms with van der Waals surface area (Å²) in [6, 6.07) is 3.20. The van der Waals surface area contributed by atoms with Crippen LogP contribution in [0.4, 0.5) is 13.2 Å². The summed E-state index contributed by atoms with van der Waals surface area (Å²) in [5.74, 6) is -1.22. The van der Waals surface area contributed by atoms with Crippen LogP contribution in [0.5, 0.6) is 0 Å². The fraction of sp³-hybridized carbons (Fsp3) is 0.300. The Labute approximate surface area is 107 Å².